The van der Waals surface area contributed by atoms with E-state index in [2.05, 4.69) is 10.3 Å². The first kappa shape index (κ1) is 12.9. The van der Waals surface area contributed by atoms with Crippen LogP contribution < -0.4 is 5.32 Å². The van der Waals surface area contributed by atoms with Gasteiger partial charge < -0.3 is 14.5 Å². The molecular weight excluding hydrogens is 262 g/mol. The summed E-state index contributed by atoms with van der Waals surface area (Å²) in [6, 6.07) is 5.02. The van der Waals surface area contributed by atoms with Crippen molar-refractivity contribution >= 4 is 22.8 Å². The summed E-state index contributed by atoms with van der Waals surface area (Å²) in [5, 5.41) is 14.0. The van der Waals surface area contributed by atoms with Crippen LogP contribution in [0.3, 0.4) is 0 Å². The number of hydrogen-bond donors (Lipinski definition) is 1. The van der Waals surface area contributed by atoms with Gasteiger partial charge in [0.2, 0.25) is 0 Å². The van der Waals surface area contributed by atoms with Crippen LogP contribution in [0.25, 0.3) is 11.1 Å². The van der Waals surface area contributed by atoms with Crippen molar-refractivity contribution < 1.29 is 14.1 Å². The Balaban J connectivity index is 1.75. The molecule has 1 aliphatic heterocycles. The van der Waals surface area contributed by atoms with Crippen LogP contribution in [0.15, 0.2) is 22.6 Å². The van der Waals surface area contributed by atoms with Gasteiger partial charge in [0.25, 0.3) is 11.7 Å². The van der Waals surface area contributed by atoms with Gasteiger partial charge in [-0.25, -0.2) is 0 Å². The van der Waals surface area contributed by atoms with E-state index in [9.17, 15) is 10.1 Å². The van der Waals surface area contributed by atoms with E-state index in [1.807, 2.05) is 0 Å². The van der Waals surface area contributed by atoms with Crippen molar-refractivity contribution in [1.82, 2.24) is 4.98 Å². The maximum absolute atomic E-state index is 10.9. The lowest BCUT2D eigenvalue weighted by Crippen LogP contribution is -2.22. The highest BCUT2D eigenvalue weighted by molar-refractivity contribution is 5.83. The third kappa shape index (κ3) is 2.57. The number of hydrogen-bond acceptors (Lipinski definition) is 6. The lowest BCUT2D eigenvalue weighted by atomic mass is 10.0. The van der Waals surface area contributed by atoms with Gasteiger partial charge in [-0.3, -0.25) is 10.1 Å². The van der Waals surface area contributed by atoms with Crippen molar-refractivity contribution in [2.75, 3.05) is 25.1 Å². The first-order valence-corrected chi connectivity index (χ1v) is 6.59. The number of benzene rings is 1. The van der Waals surface area contributed by atoms with Crippen LogP contribution in [0.5, 0.6) is 0 Å². The lowest BCUT2D eigenvalue weighted by Gasteiger charge is -2.21. The number of nitro groups is 1. The highest BCUT2D eigenvalue weighted by atomic mass is 16.6. The standard InChI is InChI=1S/C13H15N3O4/c17-16(18)10-2-1-3-11-12(10)15-13(20-11)14-8-9-4-6-19-7-5-9/h1-3,9H,4-8H2,(H,14,15). The van der Waals surface area contributed by atoms with Gasteiger partial charge in [0, 0.05) is 25.8 Å². The van der Waals surface area contributed by atoms with E-state index >= 15 is 0 Å². The number of oxazole rings is 1. The smallest absolute Gasteiger partial charge is 0.298 e. The average molecular weight is 277 g/mol. The molecule has 20 heavy (non-hydrogen) atoms. The Hall–Kier alpha value is -2.15. The van der Waals surface area contributed by atoms with E-state index in [1.54, 1.807) is 12.1 Å². The molecule has 2 aromatic rings. The van der Waals surface area contributed by atoms with E-state index in [1.165, 1.54) is 6.07 Å². The molecule has 0 unspecified atom stereocenters. The van der Waals surface area contributed by atoms with Crippen molar-refractivity contribution in [3.8, 4) is 0 Å². The number of nitro benzene ring substituents is 1. The highest BCUT2D eigenvalue weighted by Crippen LogP contribution is 2.27. The Morgan fingerprint density at radius 3 is 2.95 bits per heavy atom. The van der Waals surface area contributed by atoms with Crippen molar-refractivity contribution in [2.24, 2.45) is 5.92 Å². The van der Waals surface area contributed by atoms with Gasteiger partial charge in [0.1, 0.15) is 0 Å². The summed E-state index contributed by atoms with van der Waals surface area (Å²) in [6.07, 6.45) is 2.01. The minimum absolute atomic E-state index is 0.0367. The monoisotopic (exact) mass is 277 g/mol. The predicted octanol–water partition coefficient (Wildman–Crippen LogP) is 2.57. The topological polar surface area (TPSA) is 90.4 Å². The summed E-state index contributed by atoms with van der Waals surface area (Å²) in [5.41, 5.74) is 0.672. The SMILES string of the molecule is O=[N+]([O-])c1cccc2oc(NCC3CCOCC3)nc12. The van der Waals surface area contributed by atoms with Gasteiger partial charge in [0.05, 0.1) is 4.92 Å². The Labute approximate surface area is 115 Å². The quantitative estimate of drug-likeness (QED) is 0.682. The van der Waals surface area contributed by atoms with E-state index in [0.717, 1.165) is 32.6 Å². The molecule has 3 rings (SSSR count). The molecule has 7 heteroatoms. The van der Waals surface area contributed by atoms with E-state index in [0.29, 0.717) is 17.5 Å². The normalized spacial score (nSPS) is 16.4. The summed E-state index contributed by atoms with van der Waals surface area (Å²) in [6.45, 7) is 2.31. The van der Waals surface area contributed by atoms with Gasteiger partial charge in [-0.2, -0.15) is 4.98 Å². The fraction of sp³-hybridized carbons (Fsp3) is 0.462. The molecule has 0 atom stereocenters. The molecule has 0 spiro atoms. The number of nitrogens with zero attached hydrogens (tertiary/aromatic N) is 2. The summed E-state index contributed by atoms with van der Waals surface area (Å²) in [4.78, 5) is 14.6. The summed E-state index contributed by atoms with van der Waals surface area (Å²) >= 11 is 0. The van der Waals surface area contributed by atoms with Crippen LogP contribution in [0, 0.1) is 16.0 Å². The molecule has 1 aliphatic rings. The molecule has 1 saturated heterocycles. The van der Waals surface area contributed by atoms with Gasteiger partial charge in [-0.15, -0.1) is 0 Å². The number of nitrogens with one attached hydrogen (secondary N) is 1. The molecule has 1 aromatic carbocycles. The van der Waals surface area contributed by atoms with Crippen LogP contribution >= 0.6 is 0 Å². The zero-order chi connectivity index (χ0) is 13.9. The zero-order valence-corrected chi connectivity index (χ0v) is 10.9. The van der Waals surface area contributed by atoms with Crippen LogP contribution in [0.2, 0.25) is 0 Å². The lowest BCUT2D eigenvalue weighted by molar-refractivity contribution is -0.383. The molecule has 0 amide bonds. The number of fused-ring (bicyclic) bond motifs is 1. The van der Waals surface area contributed by atoms with Crippen molar-refractivity contribution in [3.63, 3.8) is 0 Å². The number of anilines is 1. The van der Waals surface area contributed by atoms with Crippen LogP contribution in [0.4, 0.5) is 11.7 Å². The number of aromatic nitrogens is 1. The Bertz CT molecular complexity index is 619. The van der Waals surface area contributed by atoms with Gasteiger partial charge in [0.15, 0.2) is 11.1 Å². The molecule has 1 fully saturated rings. The third-order valence-electron chi connectivity index (χ3n) is 3.48. The minimum Gasteiger partial charge on any atom is -0.423 e. The molecule has 106 valence electrons. The van der Waals surface area contributed by atoms with Crippen LogP contribution in [-0.2, 0) is 4.74 Å². The molecule has 0 radical (unpaired) electrons. The fourth-order valence-corrected chi connectivity index (χ4v) is 2.34. The zero-order valence-electron chi connectivity index (χ0n) is 10.9. The summed E-state index contributed by atoms with van der Waals surface area (Å²) in [5.74, 6) is 0.522. The fourth-order valence-electron chi connectivity index (χ4n) is 2.34. The first-order chi connectivity index (χ1) is 9.74. The van der Waals surface area contributed by atoms with E-state index in [4.69, 9.17) is 9.15 Å². The highest BCUT2D eigenvalue weighted by Gasteiger charge is 2.18. The largest absolute Gasteiger partial charge is 0.423 e. The van der Waals surface area contributed by atoms with Crippen molar-refractivity contribution in [2.45, 2.75) is 12.8 Å². The van der Waals surface area contributed by atoms with Gasteiger partial charge in [-0.1, -0.05) is 6.07 Å². The number of ether oxygens (including phenoxy) is 1. The van der Waals surface area contributed by atoms with E-state index in [-0.39, 0.29) is 11.2 Å². The van der Waals surface area contributed by atoms with Gasteiger partial charge in [-0.05, 0) is 24.8 Å². The molecule has 7 nitrogen and oxygen atoms in total. The minimum atomic E-state index is -0.451. The van der Waals surface area contributed by atoms with Crippen molar-refractivity contribution in [1.29, 1.82) is 0 Å². The Kier molecular flexibility index (Phi) is 3.51. The van der Waals surface area contributed by atoms with Crippen LogP contribution in [0.1, 0.15) is 12.8 Å². The second-order valence-electron chi connectivity index (χ2n) is 4.84. The Morgan fingerprint density at radius 2 is 2.20 bits per heavy atom. The summed E-state index contributed by atoms with van der Waals surface area (Å²) in [7, 11) is 0. The van der Waals surface area contributed by atoms with Gasteiger partial charge >= 0.3 is 0 Å². The molecule has 0 bridgehead atoms. The first-order valence-electron chi connectivity index (χ1n) is 6.59. The average Bonchev–Trinajstić information content (AvgIpc) is 2.88. The molecule has 0 saturated carbocycles. The maximum atomic E-state index is 10.9. The number of non-ortho nitro benzene ring substituents is 1. The van der Waals surface area contributed by atoms with Crippen molar-refractivity contribution in [3.05, 3.63) is 28.3 Å². The van der Waals surface area contributed by atoms with E-state index < -0.39 is 4.92 Å². The predicted molar refractivity (Wildman–Crippen MR) is 72.7 cm³/mol. The number of rotatable bonds is 4. The number of para-hydroxylation sites is 1. The van der Waals surface area contributed by atoms with Crippen LogP contribution in [-0.4, -0.2) is 29.7 Å². The third-order valence-corrected chi connectivity index (χ3v) is 3.48. The molecule has 1 N–H and O–H groups in total. The second-order valence-corrected chi connectivity index (χ2v) is 4.84. The Morgan fingerprint density at radius 1 is 1.40 bits per heavy atom. The molecule has 2 heterocycles. The second kappa shape index (κ2) is 5.46. The molecular formula is C13H15N3O4. The molecule has 1 aromatic heterocycles. The molecule has 0 aliphatic carbocycles. The maximum Gasteiger partial charge on any atom is 0.298 e. The summed E-state index contributed by atoms with van der Waals surface area (Å²) < 4.78 is 10.8.